The van der Waals surface area contributed by atoms with Crippen LogP contribution in [0.5, 0.6) is 17.2 Å². The Hall–Kier alpha value is -3.61. The number of aromatic hydroxyl groups is 1. The predicted octanol–water partition coefficient (Wildman–Crippen LogP) is 5.57. The van der Waals surface area contributed by atoms with Crippen molar-refractivity contribution in [3.8, 4) is 17.2 Å². The number of fused-ring (bicyclic) bond motifs is 1. The van der Waals surface area contributed by atoms with E-state index in [0.29, 0.717) is 36.3 Å². The average molecular weight is 502 g/mol. The molecule has 0 amide bonds. The molecule has 3 atom stereocenters. The van der Waals surface area contributed by atoms with Gasteiger partial charge < -0.3 is 19.3 Å². The van der Waals surface area contributed by atoms with Gasteiger partial charge in [-0.15, -0.1) is 0 Å². The molecule has 2 aliphatic heterocycles. The molecule has 0 bridgehead atoms. The van der Waals surface area contributed by atoms with E-state index >= 15 is 0 Å². The Kier molecular flexibility index (Phi) is 6.22. The molecule has 6 rings (SSSR count). The topological polar surface area (TPSA) is 94.4 Å². The third-order valence-corrected chi connectivity index (χ3v) is 8.06. The van der Waals surface area contributed by atoms with Crippen molar-refractivity contribution in [1.29, 1.82) is 0 Å². The summed E-state index contributed by atoms with van der Waals surface area (Å²) in [5, 5.41) is 10.3. The van der Waals surface area contributed by atoms with E-state index < -0.39 is 11.8 Å². The first kappa shape index (κ1) is 23.8. The summed E-state index contributed by atoms with van der Waals surface area (Å²) in [4.78, 5) is 32.4. The Morgan fingerprint density at radius 3 is 2.65 bits per heavy atom. The van der Waals surface area contributed by atoms with Crippen LogP contribution in [0.25, 0.3) is 0 Å². The van der Waals surface area contributed by atoms with Gasteiger partial charge in [-0.05, 0) is 79.8 Å². The summed E-state index contributed by atoms with van der Waals surface area (Å²) in [5.74, 6) is -0.0985. The van der Waals surface area contributed by atoms with Crippen LogP contribution in [0.3, 0.4) is 0 Å². The van der Waals surface area contributed by atoms with E-state index in [1.165, 1.54) is 0 Å². The van der Waals surface area contributed by atoms with Gasteiger partial charge in [0.2, 0.25) is 6.79 Å². The molecule has 1 fully saturated rings. The number of allylic oxidation sites excluding steroid dienone is 2. The molecule has 2 aromatic rings. The standard InChI is InChI=1S/C30H31NO6/c1-2-22-29(30(34)37-21-8-3-4-9-21)27(18-6-5-7-20(32)12-18)28-23(31-22)13-19(14-24(28)33)17-10-11-25-26(15-17)36-16-35-25/h5-7,10-12,15,19,21,27,29,32H,2-4,8-9,13-14,16H2,1H3. The van der Waals surface area contributed by atoms with Gasteiger partial charge >= 0.3 is 5.97 Å². The van der Waals surface area contributed by atoms with E-state index in [4.69, 9.17) is 19.2 Å². The van der Waals surface area contributed by atoms with E-state index in [1.54, 1.807) is 18.2 Å². The zero-order valence-corrected chi connectivity index (χ0v) is 20.9. The summed E-state index contributed by atoms with van der Waals surface area (Å²) in [5.41, 5.74) is 3.78. The fourth-order valence-electron chi connectivity index (χ4n) is 6.27. The molecule has 37 heavy (non-hydrogen) atoms. The minimum Gasteiger partial charge on any atom is -0.508 e. The number of hydrogen-bond donors (Lipinski definition) is 1. The van der Waals surface area contributed by atoms with Crippen molar-refractivity contribution in [2.45, 2.75) is 69.8 Å². The molecule has 2 aromatic carbocycles. The number of nitrogens with zero attached hydrogens (tertiary/aromatic N) is 1. The van der Waals surface area contributed by atoms with Gasteiger partial charge in [0.25, 0.3) is 0 Å². The lowest BCUT2D eigenvalue weighted by molar-refractivity contribution is -0.151. The fraction of sp³-hybridized carbons (Fsp3) is 0.433. The zero-order valence-electron chi connectivity index (χ0n) is 20.9. The number of phenolic OH excluding ortho intramolecular Hbond substituents is 1. The van der Waals surface area contributed by atoms with Crippen LogP contribution < -0.4 is 9.47 Å². The minimum absolute atomic E-state index is 0.0187. The van der Waals surface area contributed by atoms with E-state index in [-0.39, 0.29) is 36.3 Å². The number of carbonyl (C=O) groups excluding carboxylic acids is 2. The first-order valence-electron chi connectivity index (χ1n) is 13.2. The van der Waals surface area contributed by atoms with Crippen LogP contribution in [-0.2, 0) is 14.3 Å². The molecule has 2 heterocycles. The van der Waals surface area contributed by atoms with Crippen molar-refractivity contribution < 1.29 is 28.9 Å². The zero-order chi connectivity index (χ0) is 25.5. The Morgan fingerprint density at radius 1 is 1.05 bits per heavy atom. The van der Waals surface area contributed by atoms with Crippen LogP contribution in [0.2, 0.25) is 0 Å². The summed E-state index contributed by atoms with van der Waals surface area (Å²) in [7, 11) is 0. The first-order valence-corrected chi connectivity index (χ1v) is 13.2. The number of phenols is 1. The Labute approximate surface area is 216 Å². The van der Waals surface area contributed by atoms with Crippen molar-refractivity contribution in [3.05, 3.63) is 64.9 Å². The lowest BCUT2D eigenvalue weighted by Crippen LogP contribution is -2.39. The molecule has 192 valence electrons. The summed E-state index contributed by atoms with van der Waals surface area (Å²) in [6.45, 7) is 2.19. The maximum absolute atomic E-state index is 13.8. The van der Waals surface area contributed by atoms with Gasteiger partial charge in [0, 0.05) is 29.3 Å². The number of hydrogen-bond acceptors (Lipinski definition) is 7. The highest BCUT2D eigenvalue weighted by molar-refractivity contribution is 6.09. The summed E-state index contributed by atoms with van der Waals surface area (Å²) < 4.78 is 17.0. The second kappa shape index (κ2) is 9.69. The molecule has 1 N–H and O–H groups in total. The van der Waals surface area contributed by atoms with Gasteiger partial charge in [-0.25, -0.2) is 0 Å². The highest BCUT2D eigenvalue weighted by Crippen LogP contribution is 2.48. The highest BCUT2D eigenvalue weighted by atomic mass is 16.7. The monoisotopic (exact) mass is 501 g/mol. The number of ether oxygens (including phenoxy) is 3. The summed E-state index contributed by atoms with van der Waals surface area (Å²) in [6, 6.07) is 12.7. The van der Waals surface area contributed by atoms with E-state index in [1.807, 2.05) is 31.2 Å². The van der Waals surface area contributed by atoms with Crippen molar-refractivity contribution in [2.24, 2.45) is 10.9 Å². The first-order chi connectivity index (χ1) is 18.0. The Balaban J connectivity index is 1.40. The minimum atomic E-state index is -0.683. The van der Waals surface area contributed by atoms with Crippen molar-refractivity contribution in [3.63, 3.8) is 0 Å². The summed E-state index contributed by atoms with van der Waals surface area (Å²) >= 11 is 0. The van der Waals surface area contributed by atoms with Crippen LogP contribution in [0.15, 0.2) is 58.7 Å². The van der Waals surface area contributed by atoms with Gasteiger partial charge in [0.1, 0.15) is 17.8 Å². The summed E-state index contributed by atoms with van der Waals surface area (Å²) in [6.07, 6.45) is 5.25. The van der Waals surface area contributed by atoms with E-state index in [0.717, 1.165) is 48.2 Å². The molecule has 0 spiro atoms. The average Bonchev–Trinajstić information content (AvgIpc) is 3.59. The maximum atomic E-state index is 13.8. The quantitative estimate of drug-likeness (QED) is 0.538. The predicted molar refractivity (Wildman–Crippen MR) is 137 cm³/mol. The maximum Gasteiger partial charge on any atom is 0.315 e. The van der Waals surface area contributed by atoms with Gasteiger partial charge in [0.05, 0.1) is 0 Å². The lowest BCUT2D eigenvalue weighted by Gasteiger charge is -2.37. The molecule has 2 aliphatic carbocycles. The molecule has 0 saturated heterocycles. The van der Waals surface area contributed by atoms with Gasteiger partial charge in [-0.1, -0.05) is 25.1 Å². The van der Waals surface area contributed by atoms with Crippen LogP contribution >= 0.6 is 0 Å². The second-order valence-corrected chi connectivity index (χ2v) is 10.4. The molecule has 7 heteroatoms. The third kappa shape index (κ3) is 4.41. The van der Waals surface area contributed by atoms with Gasteiger partial charge in [-0.2, -0.15) is 0 Å². The number of Topliss-reactive ketones (excluding diaryl/α,β-unsaturated/α-hetero) is 1. The molecule has 1 saturated carbocycles. The van der Waals surface area contributed by atoms with Crippen molar-refractivity contribution in [2.75, 3.05) is 6.79 Å². The molecule has 4 aliphatic rings. The van der Waals surface area contributed by atoms with Crippen molar-refractivity contribution in [1.82, 2.24) is 0 Å². The van der Waals surface area contributed by atoms with Crippen LogP contribution in [0.1, 0.15) is 74.8 Å². The second-order valence-electron chi connectivity index (χ2n) is 10.4. The molecule has 7 nitrogen and oxygen atoms in total. The molecular formula is C30H31NO6. The smallest absolute Gasteiger partial charge is 0.315 e. The number of ketones is 1. The SMILES string of the molecule is CCC1=NC2=C(C(=O)CC(c3ccc4c(c3)OCO4)C2)C(c2cccc(O)c2)C1C(=O)OC1CCCC1. The molecule has 0 radical (unpaired) electrons. The lowest BCUT2D eigenvalue weighted by atomic mass is 9.68. The number of esters is 1. The molecular weight excluding hydrogens is 470 g/mol. The van der Waals surface area contributed by atoms with Crippen LogP contribution in [-0.4, -0.2) is 35.5 Å². The number of benzene rings is 2. The van der Waals surface area contributed by atoms with Crippen LogP contribution in [0, 0.1) is 5.92 Å². The number of carbonyl (C=O) groups is 2. The van der Waals surface area contributed by atoms with Gasteiger partial charge in [-0.3, -0.25) is 14.6 Å². The van der Waals surface area contributed by atoms with E-state index in [2.05, 4.69) is 0 Å². The molecule has 3 unspecified atom stereocenters. The van der Waals surface area contributed by atoms with Crippen LogP contribution in [0.4, 0.5) is 0 Å². The number of aliphatic imine (C=N–C) groups is 1. The van der Waals surface area contributed by atoms with Gasteiger partial charge in [0.15, 0.2) is 17.3 Å². The largest absolute Gasteiger partial charge is 0.508 e. The highest BCUT2D eigenvalue weighted by Gasteiger charge is 2.46. The normalized spacial score (nSPS) is 25.2. The Morgan fingerprint density at radius 2 is 1.86 bits per heavy atom. The van der Waals surface area contributed by atoms with E-state index in [9.17, 15) is 14.7 Å². The third-order valence-electron chi connectivity index (χ3n) is 8.06. The Bertz CT molecular complexity index is 1300. The van der Waals surface area contributed by atoms with Crippen molar-refractivity contribution >= 4 is 17.5 Å². The molecule has 0 aromatic heterocycles. The number of rotatable bonds is 5. The fourth-order valence-corrected chi connectivity index (χ4v) is 6.27.